The zero-order valence-electron chi connectivity index (χ0n) is 33.9. The van der Waals surface area contributed by atoms with Crippen molar-refractivity contribution < 1.29 is 42.6 Å². The van der Waals surface area contributed by atoms with Crippen LogP contribution >= 0.6 is 11.6 Å². The van der Waals surface area contributed by atoms with E-state index in [0.717, 1.165) is 11.1 Å². The number of rotatable bonds is 22. The molecule has 0 aliphatic carbocycles. The van der Waals surface area contributed by atoms with Gasteiger partial charge in [-0.15, -0.1) is 0 Å². The lowest BCUT2D eigenvalue weighted by Gasteiger charge is -2.32. The Morgan fingerprint density at radius 2 is 1.45 bits per heavy atom. The molecule has 2 rings (SSSR count). The summed E-state index contributed by atoms with van der Waals surface area (Å²) in [5.74, 6) is -3.62. The van der Waals surface area contributed by atoms with E-state index in [1.54, 1.807) is 65.9 Å². The van der Waals surface area contributed by atoms with Gasteiger partial charge in [0.15, 0.2) is 0 Å². The normalized spacial score (nSPS) is 14.0. The molecular formula is C41H59ClFN5O8. The maximum Gasteiger partial charge on any atom is 0.307 e. The number of ether oxygens (including phenoxy) is 2. The number of nitrogens with one attached hydrogen (secondary N) is 3. The van der Waals surface area contributed by atoms with Gasteiger partial charge in [0.05, 0.1) is 25.6 Å². The molecule has 13 nitrogen and oxygen atoms in total. The van der Waals surface area contributed by atoms with Gasteiger partial charge in [-0.05, 0) is 63.8 Å². The van der Waals surface area contributed by atoms with Crippen LogP contribution in [0, 0.1) is 5.92 Å². The van der Waals surface area contributed by atoms with E-state index in [-0.39, 0.29) is 51.2 Å². The molecule has 0 aliphatic heterocycles. The minimum atomic E-state index is -1.21. The highest BCUT2D eigenvalue weighted by atomic mass is 35.5. The van der Waals surface area contributed by atoms with Crippen molar-refractivity contribution in [3.8, 4) is 0 Å². The average molecular weight is 804 g/mol. The second kappa shape index (κ2) is 23.5. The molecule has 2 aromatic rings. The third-order valence-corrected chi connectivity index (χ3v) is 9.38. The highest BCUT2D eigenvalue weighted by molar-refractivity contribution is 6.30. The zero-order valence-corrected chi connectivity index (χ0v) is 34.6. The average Bonchev–Trinajstić information content (AvgIpc) is 3.15. The third kappa shape index (κ3) is 16.7. The summed E-state index contributed by atoms with van der Waals surface area (Å²) in [6, 6.07) is 12.8. The van der Waals surface area contributed by atoms with Gasteiger partial charge in [0.2, 0.25) is 29.5 Å². The lowest BCUT2D eigenvalue weighted by atomic mass is 9.94. The van der Waals surface area contributed by atoms with Gasteiger partial charge in [-0.3, -0.25) is 33.2 Å². The van der Waals surface area contributed by atoms with Crippen molar-refractivity contribution in [3.63, 3.8) is 0 Å². The Kier molecular flexibility index (Phi) is 20.0. The number of benzene rings is 2. The maximum atomic E-state index is 13.9. The van der Waals surface area contributed by atoms with Gasteiger partial charge < -0.3 is 35.2 Å². The molecule has 0 heterocycles. The summed E-state index contributed by atoms with van der Waals surface area (Å²) in [5.41, 5.74) is 0.970. The summed E-state index contributed by atoms with van der Waals surface area (Å²) in [5, 5.41) is 8.45. The number of halogens is 2. The molecule has 5 amide bonds. The zero-order chi connectivity index (χ0) is 42.0. The summed E-state index contributed by atoms with van der Waals surface area (Å²) >= 11 is 6.10. The van der Waals surface area contributed by atoms with Crippen LogP contribution < -0.4 is 16.0 Å². The highest BCUT2D eigenvalue weighted by Crippen LogP contribution is 2.20. The lowest BCUT2D eigenvalue weighted by Crippen LogP contribution is -2.57. The molecule has 0 saturated carbocycles. The topological polar surface area (TPSA) is 163 Å². The van der Waals surface area contributed by atoms with Gasteiger partial charge in [0.1, 0.15) is 17.7 Å². The van der Waals surface area contributed by atoms with Crippen LogP contribution in [0.25, 0.3) is 0 Å². The Bertz CT molecular complexity index is 1590. The van der Waals surface area contributed by atoms with Crippen LogP contribution in [0.1, 0.15) is 71.4 Å². The predicted octanol–water partition coefficient (Wildman–Crippen LogP) is 4.04. The number of methoxy groups -OCH3 is 1. The Labute approximate surface area is 335 Å². The fourth-order valence-corrected chi connectivity index (χ4v) is 6.00. The fourth-order valence-electron chi connectivity index (χ4n) is 5.87. The number of amides is 5. The minimum Gasteiger partial charge on any atom is -0.460 e. The minimum absolute atomic E-state index is 0.0820. The van der Waals surface area contributed by atoms with Gasteiger partial charge in [-0.1, -0.05) is 61.0 Å². The van der Waals surface area contributed by atoms with E-state index < -0.39 is 72.0 Å². The summed E-state index contributed by atoms with van der Waals surface area (Å²) < 4.78 is 24.0. The molecule has 5 atom stereocenters. The second-order valence-corrected chi connectivity index (χ2v) is 15.3. The molecule has 0 spiro atoms. The first-order valence-electron chi connectivity index (χ1n) is 18.8. The molecular weight excluding hydrogens is 745 g/mol. The van der Waals surface area contributed by atoms with Crippen LogP contribution in [0.15, 0.2) is 54.6 Å². The van der Waals surface area contributed by atoms with Crippen LogP contribution in [0.3, 0.4) is 0 Å². The lowest BCUT2D eigenvalue weighted by molar-refractivity contribution is -0.158. The number of esters is 1. The van der Waals surface area contributed by atoms with Crippen molar-refractivity contribution >= 4 is 47.1 Å². The van der Waals surface area contributed by atoms with Crippen LogP contribution in [-0.2, 0) is 51.1 Å². The number of likely N-dealkylation sites (N-methyl/N-ethyl adjacent to an activating group) is 2. The molecule has 3 N–H and O–H groups in total. The molecule has 15 heteroatoms. The van der Waals surface area contributed by atoms with Gasteiger partial charge in [-0.2, -0.15) is 0 Å². The molecule has 0 aliphatic rings. The molecule has 0 radical (unpaired) electrons. The molecule has 0 aromatic heterocycles. The van der Waals surface area contributed by atoms with Crippen molar-refractivity contribution in [2.24, 2.45) is 5.92 Å². The first-order valence-corrected chi connectivity index (χ1v) is 19.2. The predicted molar refractivity (Wildman–Crippen MR) is 212 cm³/mol. The summed E-state index contributed by atoms with van der Waals surface area (Å²) in [6.45, 7) is 7.66. The number of carbonyl (C=O) groups is 6. The quantitative estimate of drug-likeness (QED) is 0.150. The molecule has 0 fully saturated rings. The van der Waals surface area contributed by atoms with E-state index in [9.17, 15) is 33.2 Å². The molecule has 2 aromatic carbocycles. The number of hydrogen-bond acceptors (Lipinski definition) is 8. The van der Waals surface area contributed by atoms with Crippen LogP contribution in [0.2, 0.25) is 5.02 Å². The smallest absolute Gasteiger partial charge is 0.307 e. The Balaban J connectivity index is 2.22. The first-order chi connectivity index (χ1) is 26.4. The first kappa shape index (κ1) is 47.6. The monoisotopic (exact) mass is 803 g/mol. The number of hydrogen-bond donors (Lipinski definition) is 3. The van der Waals surface area contributed by atoms with E-state index >= 15 is 0 Å². The maximum absolute atomic E-state index is 13.9. The summed E-state index contributed by atoms with van der Waals surface area (Å²) in [6.07, 6.45) is 0.116. The number of alkyl halides is 1. The van der Waals surface area contributed by atoms with E-state index in [4.69, 9.17) is 21.1 Å². The fraction of sp³-hybridized carbons (Fsp3) is 0.561. The standard InChI is InChI=1S/C41H59ClFN5O8/c1-9-35(49)45-33(19-20-43)38(52)46-34(26-55-8)40(54)48(7)32(22-29-15-17-31(42)18-16-29)24-36(50)44-25-27(2)47(6)39(53)30(21-28-13-11-10-12-14-28)23-37(51)56-41(3,4)5/h10-18,27,30,32-34H,9,19-26H2,1-8H3,(H,44,50)(H,45,49)(H,46,52)/t27-,30+,32-,33-,34-/m0/s1. The Hall–Kier alpha value is -4.56. The largest absolute Gasteiger partial charge is 0.460 e. The SMILES string of the molecule is CCC(=O)N[C@@H](CCF)C(=O)N[C@@H](COC)C(=O)N(C)[C@H](CC(=O)NC[C@H](C)N(C)C(=O)[C@@H](CC(=O)OC(C)(C)C)Cc1ccccc1)Cc1ccc(Cl)cc1. The molecule has 0 unspecified atom stereocenters. The number of carbonyl (C=O) groups excluding carboxylic acids is 6. The van der Waals surface area contributed by atoms with Gasteiger partial charge in [0.25, 0.3) is 0 Å². The second-order valence-electron chi connectivity index (χ2n) is 14.9. The van der Waals surface area contributed by atoms with Gasteiger partial charge in [0, 0.05) is 64.1 Å². The van der Waals surface area contributed by atoms with Crippen molar-refractivity contribution in [1.29, 1.82) is 0 Å². The van der Waals surface area contributed by atoms with E-state index in [1.165, 1.54) is 24.0 Å². The van der Waals surface area contributed by atoms with Crippen molar-refractivity contribution in [2.45, 2.75) is 103 Å². The van der Waals surface area contributed by atoms with Gasteiger partial charge >= 0.3 is 5.97 Å². The van der Waals surface area contributed by atoms with Crippen LogP contribution in [-0.4, -0.2) is 116 Å². The van der Waals surface area contributed by atoms with E-state index in [0.29, 0.717) is 11.4 Å². The van der Waals surface area contributed by atoms with E-state index in [1.807, 2.05) is 30.3 Å². The summed E-state index contributed by atoms with van der Waals surface area (Å²) in [7, 11) is 4.49. The molecule has 56 heavy (non-hydrogen) atoms. The Morgan fingerprint density at radius 3 is 2.02 bits per heavy atom. The third-order valence-electron chi connectivity index (χ3n) is 9.13. The van der Waals surface area contributed by atoms with Crippen LogP contribution in [0.5, 0.6) is 0 Å². The highest BCUT2D eigenvalue weighted by Gasteiger charge is 2.33. The molecule has 0 bridgehead atoms. The van der Waals surface area contributed by atoms with Crippen molar-refractivity contribution in [3.05, 3.63) is 70.7 Å². The van der Waals surface area contributed by atoms with Crippen LogP contribution in [0.4, 0.5) is 4.39 Å². The van der Waals surface area contributed by atoms with Gasteiger partial charge in [-0.25, -0.2) is 0 Å². The molecule has 310 valence electrons. The van der Waals surface area contributed by atoms with Crippen molar-refractivity contribution in [1.82, 2.24) is 25.8 Å². The summed E-state index contributed by atoms with van der Waals surface area (Å²) in [4.78, 5) is 82.1. The van der Waals surface area contributed by atoms with Crippen molar-refractivity contribution in [2.75, 3.05) is 41.0 Å². The molecule has 0 saturated heterocycles. The van der Waals surface area contributed by atoms with E-state index in [2.05, 4.69) is 16.0 Å². The number of nitrogens with zero attached hydrogens (tertiary/aromatic N) is 2. The Morgan fingerprint density at radius 1 is 0.821 bits per heavy atom.